The van der Waals surface area contributed by atoms with E-state index in [-0.39, 0.29) is 0 Å². The van der Waals surface area contributed by atoms with Gasteiger partial charge in [0.15, 0.2) is 0 Å². The van der Waals surface area contributed by atoms with Gasteiger partial charge in [-0.1, -0.05) is 51.5 Å². The van der Waals surface area contributed by atoms with Crippen LogP contribution in [0.4, 0.5) is 0 Å². The molecule has 1 N–H and O–H groups in total. The van der Waals surface area contributed by atoms with Crippen LogP contribution in [-0.4, -0.2) is 11.1 Å². The van der Waals surface area contributed by atoms with Gasteiger partial charge in [0.2, 0.25) is 0 Å². The van der Waals surface area contributed by atoms with E-state index in [0.29, 0.717) is 11.8 Å². The summed E-state index contributed by atoms with van der Waals surface area (Å²) in [4.78, 5) is 11.5. The van der Waals surface area contributed by atoms with Gasteiger partial charge in [-0.05, 0) is 29.4 Å². The molecule has 2 rings (SSSR count). The summed E-state index contributed by atoms with van der Waals surface area (Å²) in [5, 5.41) is 9.44. The van der Waals surface area contributed by atoms with Crippen LogP contribution in [0.25, 0.3) is 0 Å². The SMILES string of the molecule is CCC1CC1(C(=O)O)c1ccc(C(C)C)cc1. The zero-order valence-corrected chi connectivity index (χ0v) is 10.7. The molecule has 2 atom stereocenters. The standard InChI is InChI=1S/C15H20O2/c1-4-12-9-15(12,14(16)17)13-7-5-11(6-8-13)10(2)3/h5-8,10,12H,4,9H2,1-3H3,(H,16,17). The molecule has 0 aromatic heterocycles. The van der Waals surface area contributed by atoms with Crippen molar-refractivity contribution in [3.8, 4) is 0 Å². The molecule has 0 spiro atoms. The number of hydrogen-bond donors (Lipinski definition) is 1. The minimum atomic E-state index is -0.665. The zero-order valence-electron chi connectivity index (χ0n) is 10.7. The summed E-state index contributed by atoms with van der Waals surface area (Å²) in [6, 6.07) is 8.13. The highest BCUT2D eigenvalue weighted by Gasteiger charge is 2.60. The number of rotatable bonds is 4. The molecule has 0 saturated heterocycles. The Kier molecular flexibility index (Phi) is 2.98. The Morgan fingerprint density at radius 2 is 2.00 bits per heavy atom. The van der Waals surface area contributed by atoms with Crippen molar-refractivity contribution in [1.82, 2.24) is 0 Å². The summed E-state index contributed by atoms with van der Waals surface area (Å²) >= 11 is 0. The first-order chi connectivity index (χ1) is 8.02. The van der Waals surface area contributed by atoms with E-state index in [4.69, 9.17) is 0 Å². The molecule has 1 aliphatic rings. The fourth-order valence-corrected chi connectivity index (χ4v) is 2.73. The van der Waals surface area contributed by atoms with Gasteiger partial charge in [0, 0.05) is 0 Å². The summed E-state index contributed by atoms with van der Waals surface area (Å²) in [6.45, 7) is 6.36. The fourth-order valence-electron chi connectivity index (χ4n) is 2.73. The highest BCUT2D eigenvalue weighted by molar-refractivity contribution is 5.85. The molecule has 1 aromatic carbocycles. The number of carbonyl (C=O) groups is 1. The number of carboxylic acid groups (broad SMARTS) is 1. The van der Waals surface area contributed by atoms with Crippen molar-refractivity contribution < 1.29 is 9.90 Å². The van der Waals surface area contributed by atoms with E-state index >= 15 is 0 Å². The number of benzene rings is 1. The van der Waals surface area contributed by atoms with Gasteiger partial charge in [-0.3, -0.25) is 4.79 Å². The second-order valence-corrected chi connectivity index (χ2v) is 5.36. The normalized spacial score (nSPS) is 27.2. The molecule has 2 unspecified atom stereocenters. The van der Waals surface area contributed by atoms with Gasteiger partial charge < -0.3 is 5.11 Å². The Hall–Kier alpha value is -1.31. The van der Waals surface area contributed by atoms with Crippen LogP contribution in [0.2, 0.25) is 0 Å². The second-order valence-electron chi connectivity index (χ2n) is 5.36. The first-order valence-corrected chi connectivity index (χ1v) is 6.36. The maximum Gasteiger partial charge on any atom is 0.314 e. The monoisotopic (exact) mass is 232 g/mol. The molecule has 17 heavy (non-hydrogen) atoms. The average Bonchev–Trinajstić information content (AvgIpc) is 3.05. The molecule has 92 valence electrons. The van der Waals surface area contributed by atoms with E-state index in [2.05, 4.69) is 32.9 Å². The zero-order chi connectivity index (χ0) is 12.6. The van der Waals surface area contributed by atoms with Crippen LogP contribution in [0.1, 0.15) is 50.7 Å². The van der Waals surface area contributed by atoms with E-state index in [1.54, 1.807) is 0 Å². The first-order valence-electron chi connectivity index (χ1n) is 6.36. The molecule has 2 nitrogen and oxygen atoms in total. The lowest BCUT2D eigenvalue weighted by molar-refractivity contribution is -0.140. The third-order valence-corrected chi connectivity index (χ3v) is 4.07. The molecule has 1 saturated carbocycles. The quantitative estimate of drug-likeness (QED) is 0.861. The van der Waals surface area contributed by atoms with Gasteiger partial charge in [-0.25, -0.2) is 0 Å². The van der Waals surface area contributed by atoms with Crippen LogP contribution in [0, 0.1) is 5.92 Å². The van der Waals surface area contributed by atoms with Crippen LogP contribution in [-0.2, 0) is 10.2 Å². The van der Waals surface area contributed by atoms with Crippen LogP contribution < -0.4 is 0 Å². The van der Waals surface area contributed by atoms with Gasteiger partial charge >= 0.3 is 5.97 Å². The van der Waals surface area contributed by atoms with Crippen LogP contribution in [0.5, 0.6) is 0 Å². The van der Waals surface area contributed by atoms with E-state index in [1.165, 1.54) is 5.56 Å². The van der Waals surface area contributed by atoms with Crippen molar-refractivity contribution >= 4 is 5.97 Å². The van der Waals surface area contributed by atoms with E-state index in [9.17, 15) is 9.90 Å². The number of hydrogen-bond acceptors (Lipinski definition) is 1. The van der Waals surface area contributed by atoms with Crippen molar-refractivity contribution in [3.63, 3.8) is 0 Å². The lowest BCUT2D eigenvalue weighted by atomic mass is 9.90. The molecule has 0 radical (unpaired) electrons. The second kappa shape index (κ2) is 4.17. The molecule has 1 aliphatic carbocycles. The summed E-state index contributed by atoms with van der Waals surface area (Å²) in [5.41, 5.74) is 1.65. The van der Waals surface area contributed by atoms with Gasteiger partial charge in [0.1, 0.15) is 0 Å². The van der Waals surface area contributed by atoms with Gasteiger partial charge in [-0.2, -0.15) is 0 Å². The molecule has 1 aromatic rings. The molecule has 2 heteroatoms. The summed E-state index contributed by atoms with van der Waals surface area (Å²) in [7, 11) is 0. The summed E-state index contributed by atoms with van der Waals surface area (Å²) < 4.78 is 0. The molecule has 0 aliphatic heterocycles. The highest BCUT2D eigenvalue weighted by Crippen LogP contribution is 2.56. The maximum atomic E-state index is 11.5. The minimum absolute atomic E-state index is 0.310. The summed E-state index contributed by atoms with van der Waals surface area (Å²) in [6.07, 6.45) is 1.73. The number of carboxylic acids is 1. The highest BCUT2D eigenvalue weighted by atomic mass is 16.4. The minimum Gasteiger partial charge on any atom is -0.481 e. The van der Waals surface area contributed by atoms with Crippen molar-refractivity contribution in [3.05, 3.63) is 35.4 Å². The lowest BCUT2D eigenvalue weighted by Gasteiger charge is -2.14. The lowest BCUT2D eigenvalue weighted by Crippen LogP contribution is -2.22. The third-order valence-electron chi connectivity index (χ3n) is 4.07. The van der Waals surface area contributed by atoms with E-state index in [1.807, 2.05) is 12.1 Å². The van der Waals surface area contributed by atoms with E-state index < -0.39 is 11.4 Å². The fraction of sp³-hybridized carbons (Fsp3) is 0.533. The van der Waals surface area contributed by atoms with Crippen molar-refractivity contribution in [2.75, 3.05) is 0 Å². The predicted octanol–water partition coefficient (Wildman–Crippen LogP) is 3.56. The Morgan fingerprint density at radius 1 is 1.41 bits per heavy atom. The average molecular weight is 232 g/mol. The molecular weight excluding hydrogens is 212 g/mol. The van der Waals surface area contributed by atoms with Crippen molar-refractivity contribution in [2.45, 2.75) is 44.9 Å². The Morgan fingerprint density at radius 3 is 2.35 bits per heavy atom. The van der Waals surface area contributed by atoms with E-state index in [0.717, 1.165) is 18.4 Å². The largest absolute Gasteiger partial charge is 0.481 e. The number of aliphatic carboxylic acids is 1. The molecule has 0 heterocycles. The topological polar surface area (TPSA) is 37.3 Å². The first kappa shape index (κ1) is 12.2. The Balaban J connectivity index is 2.31. The molecule has 0 amide bonds. The smallest absolute Gasteiger partial charge is 0.314 e. The molecule has 0 bridgehead atoms. The Bertz CT molecular complexity index is 419. The van der Waals surface area contributed by atoms with Gasteiger partial charge in [-0.15, -0.1) is 0 Å². The summed E-state index contributed by atoms with van der Waals surface area (Å²) in [5.74, 6) is 0.137. The van der Waals surface area contributed by atoms with Crippen LogP contribution >= 0.6 is 0 Å². The maximum absolute atomic E-state index is 11.5. The molecular formula is C15H20O2. The van der Waals surface area contributed by atoms with Crippen LogP contribution in [0.3, 0.4) is 0 Å². The van der Waals surface area contributed by atoms with Gasteiger partial charge in [0.25, 0.3) is 0 Å². The molecule has 1 fully saturated rings. The van der Waals surface area contributed by atoms with Crippen molar-refractivity contribution in [1.29, 1.82) is 0 Å². The third kappa shape index (κ3) is 1.86. The predicted molar refractivity (Wildman–Crippen MR) is 68.2 cm³/mol. The van der Waals surface area contributed by atoms with Crippen molar-refractivity contribution in [2.24, 2.45) is 5.92 Å². The Labute approximate surface area is 103 Å². The van der Waals surface area contributed by atoms with Gasteiger partial charge in [0.05, 0.1) is 5.41 Å². The van der Waals surface area contributed by atoms with Crippen LogP contribution in [0.15, 0.2) is 24.3 Å².